The number of benzene rings is 1. The average Bonchev–Trinajstić information content (AvgIpc) is 2.58. The molecule has 0 unspecified atom stereocenters. The Hall–Kier alpha value is -1.64. The monoisotopic (exact) mass is 370 g/mol. The Morgan fingerprint density at radius 1 is 1.16 bits per heavy atom. The number of methoxy groups -OCH3 is 1. The third kappa shape index (κ3) is 8.85. The zero-order chi connectivity index (χ0) is 18.7. The molecule has 25 heavy (non-hydrogen) atoms. The van der Waals surface area contributed by atoms with Crippen molar-refractivity contribution in [1.29, 1.82) is 0 Å². The molecule has 0 aliphatic carbocycles. The van der Waals surface area contributed by atoms with Crippen molar-refractivity contribution in [3.63, 3.8) is 0 Å². The van der Waals surface area contributed by atoms with Gasteiger partial charge in [-0.2, -0.15) is 0 Å². The van der Waals surface area contributed by atoms with E-state index in [9.17, 15) is 8.42 Å². The number of sulfone groups is 1. The Bertz CT molecular complexity index is 630. The van der Waals surface area contributed by atoms with E-state index in [0.29, 0.717) is 4.90 Å². The fourth-order valence-corrected chi connectivity index (χ4v) is 2.80. The van der Waals surface area contributed by atoms with Crippen LogP contribution in [0.5, 0.6) is 0 Å². The van der Waals surface area contributed by atoms with Crippen molar-refractivity contribution >= 4 is 15.8 Å². The van der Waals surface area contributed by atoms with E-state index in [4.69, 9.17) is 4.74 Å². The van der Waals surface area contributed by atoms with Crippen LogP contribution in [0.1, 0.15) is 5.56 Å². The molecule has 0 spiro atoms. The molecule has 1 aromatic rings. The highest BCUT2D eigenvalue weighted by Gasteiger charge is 2.06. The largest absolute Gasteiger partial charge is 0.383 e. The fourth-order valence-electron chi connectivity index (χ4n) is 2.17. The van der Waals surface area contributed by atoms with Gasteiger partial charge in [-0.1, -0.05) is 12.1 Å². The number of nitrogens with one attached hydrogen (secondary N) is 2. The maximum atomic E-state index is 11.4. The summed E-state index contributed by atoms with van der Waals surface area (Å²) in [5, 5.41) is 6.53. The third-order valence-electron chi connectivity index (χ3n) is 3.74. The lowest BCUT2D eigenvalue weighted by molar-refractivity contribution is 0.162. The Morgan fingerprint density at radius 2 is 1.80 bits per heavy atom. The van der Waals surface area contributed by atoms with Gasteiger partial charge in [0.2, 0.25) is 0 Å². The van der Waals surface area contributed by atoms with Crippen molar-refractivity contribution in [2.45, 2.75) is 11.3 Å². The highest BCUT2D eigenvalue weighted by Crippen LogP contribution is 2.10. The number of likely N-dealkylation sites (N-methyl/N-ethyl adjacent to an activating group) is 1. The summed E-state index contributed by atoms with van der Waals surface area (Å²) < 4.78 is 27.9. The van der Waals surface area contributed by atoms with Crippen LogP contribution in [0.3, 0.4) is 0 Å². The highest BCUT2D eigenvalue weighted by molar-refractivity contribution is 7.90. The van der Waals surface area contributed by atoms with Gasteiger partial charge in [0.1, 0.15) is 0 Å². The minimum Gasteiger partial charge on any atom is -0.383 e. The van der Waals surface area contributed by atoms with Crippen molar-refractivity contribution in [3.8, 4) is 0 Å². The molecule has 2 N–H and O–H groups in total. The molecular formula is C17H30N4O3S. The molecule has 8 heteroatoms. The van der Waals surface area contributed by atoms with Crippen LogP contribution < -0.4 is 10.6 Å². The second-order valence-corrected chi connectivity index (χ2v) is 7.90. The predicted molar refractivity (Wildman–Crippen MR) is 102 cm³/mol. The summed E-state index contributed by atoms with van der Waals surface area (Å²) in [6, 6.07) is 6.99. The molecule has 0 radical (unpaired) electrons. The summed E-state index contributed by atoms with van der Waals surface area (Å²) in [7, 11) is 2.36. The summed E-state index contributed by atoms with van der Waals surface area (Å²) in [5.41, 5.74) is 1.08. The summed E-state index contributed by atoms with van der Waals surface area (Å²) in [4.78, 5) is 6.73. The Kier molecular flexibility index (Phi) is 9.48. The van der Waals surface area contributed by atoms with Crippen molar-refractivity contribution in [3.05, 3.63) is 29.8 Å². The van der Waals surface area contributed by atoms with Crippen LogP contribution in [0.15, 0.2) is 34.2 Å². The second kappa shape index (κ2) is 11.1. The Morgan fingerprint density at radius 3 is 2.36 bits per heavy atom. The average molecular weight is 371 g/mol. The molecule has 0 atom stereocenters. The first-order chi connectivity index (χ1) is 11.9. The maximum Gasteiger partial charge on any atom is 0.191 e. The van der Waals surface area contributed by atoms with E-state index in [1.165, 1.54) is 6.26 Å². The van der Waals surface area contributed by atoms with E-state index >= 15 is 0 Å². The summed E-state index contributed by atoms with van der Waals surface area (Å²) in [6.07, 6.45) is 2.00. The van der Waals surface area contributed by atoms with Gasteiger partial charge < -0.3 is 20.3 Å². The molecule has 0 aliphatic heterocycles. The molecule has 0 bridgehead atoms. The quantitative estimate of drug-likeness (QED) is 0.458. The number of nitrogens with zero attached hydrogens (tertiary/aromatic N) is 2. The summed E-state index contributed by atoms with van der Waals surface area (Å²) >= 11 is 0. The molecule has 0 aromatic heterocycles. The van der Waals surface area contributed by atoms with Gasteiger partial charge in [-0.3, -0.25) is 4.99 Å². The number of hydrogen-bond acceptors (Lipinski definition) is 5. The lowest BCUT2D eigenvalue weighted by atomic mass is 10.1. The minimum atomic E-state index is -3.14. The van der Waals surface area contributed by atoms with Gasteiger partial charge in [0.15, 0.2) is 15.8 Å². The van der Waals surface area contributed by atoms with Crippen LogP contribution >= 0.6 is 0 Å². The molecule has 0 heterocycles. The lowest BCUT2D eigenvalue weighted by Gasteiger charge is -2.17. The van der Waals surface area contributed by atoms with Gasteiger partial charge in [0, 0.05) is 46.6 Å². The van der Waals surface area contributed by atoms with Crippen LogP contribution in [-0.4, -0.2) is 79.5 Å². The smallest absolute Gasteiger partial charge is 0.191 e. The second-order valence-electron chi connectivity index (χ2n) is 5.89. The molecule has 0 saturated heterocycles. The van der Waals surface area contributed by atoms with E-state index in [-0.39, 0.29) is 0 Å². The molecule has 0 amide bonds. The van der Waals surface area contributed by atoms with Crippen LogP contribution in [-0.2, 0) is 21.0 Å². The fraction of sp³-hybridized carbons (Fsp3) is 0.588. The third-order valence-corrected chi connectivity index (χ3v) is 4.87. The van der Waals surface area contributed by atoms with E-state index in [1.54, 1.807) is 26.3 Å². The highest BCUT2D eigenvalue weighted by atomic mass is 32.2. The Balaban J connectivity index is 2.31. The molecular weight excluding hydrogens is 340 g/mol. The lowest BCUT2D eigenvalue weighted by Crippen LogP contribution is -2.42. The zero-order valence-corrected chi connectivity index (χ0v) is 16.4. The maximum absolute atomic E-state index is 11.4. The van der Waals surface area contributed by atoms with Crippen molar-refractivity contribution in [1.82, 2.24) is 15.5 Å². The van der Waals surface area contributed by atoms with E-state index in [2.05, 4.69) is 27.6 Å². The normalized spacial score (nSPS) is 12.4. The number of rotatable bonds is 10. The SMILES string of the molecule is CN=C(NCCc1ccc(S(C)(=O)=O)cc1)NCCN(C)CCOC. The van der Waals surface area contributed by atoms with Crippen molar-refractivity contribution in [2.24, 2.45) is 4.99 Å². The molecule has 1 rings (SSSR count). The van der Waals surface area contributed by atoms with Gasteiger partial charge in [0.25, 0.3) is 0 Å². The molecule has 7 nitrogen and oxygen atoms in total. The summed E-state index contributed by atoms with van der Waals surface area (Å²) in [6.45, 7) is 4.03. The standard InChI is InChI=1S/C17H30N4O3S/c1-18-17(20-11-12-21(2)13-14-24-3)19-10-9-15-5-7-16(8-6-15)25(4,22)23/h5-8H,9-14H2,1-4H3,(H2,18,19,20). The van der Waals surface area contributed by atoms with Crippen LogP contribution in [0.25, 0.3) is 0 Å². The summed E-state index contributed by atoms with van der Waals surface area (Å²) in [5.74, 6) is 0.757. The first-order valence-electron chi connectivity index (χ1n) is 8.28. The number of ether oxygens (including phenoxy) is 1. The van der Waals surface area contributed by atoms with Crippen LogP contribution in [0.4, 0.5) is 0 Å². The zero-order valence-electron chi connectivity index (χ0n) is 15.6. The van der Waals surface area contributed by atoms with Crippen molar-refractivity contribution in [2.75, 3.05) is 60.2 Å². The van der Waals surface area contributed by atoms with Crippen LogP contribution in [0.2, 0.25) is 0 Å². The van der Waals surface area contributed by atoms with Crippen molar-refractivity contribution < 1.29 is 13.2 Å². The van der Waals surface area contributed by atoms with Gasteiger partial charge in [0.05, 0.1) is 11.5 Å². The van der Waals surface area contributed by atoms with E-state index in [1.807, 2.05) is 12.1 Å². The van der Waals surface area contributed by atoms with E-state index in [0.717, 1.165) is 50.7 Å². The Labute approximate surface area is 151 Å². The number of hydrogen-bond donors (Lipinski definition) is 2. The van der Waals surface area contributed by atoms with Gasteiger partial charge in [-0.25, -0.2) is 8.42 Å². The molecule has 0 saturated carbocycles. The molecule has 142 valence electrons. The molecule has 1 aromatic carbocycles. The van der Waals surface area contributed by atoms with Crippen LogP contribution in [0, 0.1) is 0 Å². The first kappa shape index (κ1) is 21.4. The van der Waals surface area contributed by atoms with Gasteiger partial charge in [-0.15, -0.1) is 0 Å². The minimum absolute atomic E-state index is 0.347. The predicted octanol–water partition coefficient (Wildman–Crippen LogP) is 0.376. The van der Waals surface area contributed by atoms with Gasteiger partial charge >= 0.3 is 0 Å². The van der Waals surface area contributed by atoms with E-state index < -0.39 is 9.84 Å². The topological polar surface area (TPSA) is 83.0 Å². The number of guanidine groups is 1. The van der Waals surface area contributed by atoms with Gasteiger partial charge in [-0.05, 0) is 31.2 Å². The molecule has 0 fully saturated rings. The molecule has 0 aliphatic rings. The number of aliphatic imine (C=N–C) groups is 1. The first-order valence-corrected chi connectivity index (χ1v) is 10.2.